The number of nitrogens with zero attached hydrogens (tertiary/aromatic N) is 1. The Labute approximate surface area is 120 Å². The average molecular weight is 330 g/mol. The number of alkyl halides is 3. The minimum Gasteiger partial charge on any atom is -0.312 e. The first-order chi connectivity index (χ1) is 9.20. The first kappa shape index (κ1) is 17.4. The van der Waals surface area contributed by atoms with E-state index in [4.69, 9.17) is 0 Å². The zero-order valence-corrected chi connectivity index (χ0v) is 12.8. The molecule has 0 fully saturated rings. The van der Waals surface area contributed by atoms with Crippen LogP contribution in [0.15, 0.2) is 16.3 Å². The van der Waals surface area contributed by atoms with Crippen molar-refractivity contribution in [1.29, 1.82) is 0 Å². The highest BCUT2D eigenvalue weighted by Crippen LogP contribution is 2.27. The highest BCUT2D eigenvalue weighted by Gasteiger charge is 2.36. The molecule has 4 nitrogen and oxygen atoms in total. The fourth-order valence-corrected chi connectivity index (χ4v) is 4.45. The van der Waals surface area contributed by atoms with E-state index in [1.807, 2.05) is 6.92 Å². The van der Waals surface area contributed by atoms with Gasteiger partial charge in [-0.15, -0.1) is 11.3 Å². The van der Waals surface area contributed by atoms with Crippen molar-refractivity contribution in [3.8, 4) is 0 Å². The Morgan fingerprint density at radius 3 is 2.45 bits per heavy atom. The topological polar surface area (TPSA) is 49.4 Å². The van der Waals surface area contributed by atoms with E-state index in [1.165, 1.54) is 13.0 Å². The summed E-state index contributed by atoms with van der Waals surface area (Å²) in [5.74, 6) is 0. The van der Waals surface area contributed by atoms with E-state index in [2.05, 4.69) is 5.32 Å². The lowest BCUT2D eigenvalue weighted by atomic mass is 10.4. The Morgan fingerprint density at radius 1 is 1.30 bits per heavy atom. The third kappa shape index (κ3) is 4.72. The highest BCUT2D eigenvalue weighted by atomic mass is 32.2. The third-order valence-electron chi connectivity index (χ3n) is 2.49. The van der Waals surface area contributed by atoms with Crippen LogP contribution in [0.1, 0.15) is 18.7 Å². The molecule has 0 aliphatic carbocycles. The van der Waals surface area contributed by atoms with Gasteiger partial charge in [0.15, 0.2) is 0 Å². The quantitative estimate of drug-likeness (QED) is 0.835. The summed E-state index contributed by atoms with van der Waals surface area (Å²) in [5.41, 5.74) is 0. The van der Waals surface area contributed by atoms with Gasteiger partial charge in [-0.2, -0.15) is 17.5 Å². The molecule has 0 aliphatic heterocycles. The van der Waals surface area contributed by atoms with Crippen LogP contribution < -0.4 is 5.32 Å². The summed E-state index contributed by atoms with van der Waals surface area (Å²) < 4.78 is 61.9. The van der Waals surface area contributed by atoms with E-state index in [-0.39, 0.29) is 10.8 Å². The van der Waals surface area contributed by atoms with Crippen molar-refractivity contribution in [3.63, 3.8) is 0 Å². The van der Waals surface area contributed by atoms with Gasteiger partial charge in [0.2, 0.25) is 0 Å². The van der Waals surface area contributed by atoms with Gasteiger partial charge in [-0.05, 0) is 18.7 Å². The Bertz CT molecular complexity index is 526. The fraction of sp³-hybridized carbons (Fsp3) is 0.636. The molecule has 0 unspecified atom stereocenters. The van der Waals surface area contributed by atoms with Crippen LogP contribution in [-0.2, 0) is 16.6 Å². The Hall–Kier alpha value is -0.640. The Kier molecular flexibility index (Phi) is 5.99. The summed E-state index contributed by atoms with van der Waals surface area (Å²) in [5, 5.41) is 3.03. The van der Waals surface area contributed by atoms with Crippen molar-refractivity contribution in [2.75, 3.05) is 19.6 Å². The molecule has 1 heterocycles. The number of hydrogen-bond acceptors (Lipinski definition) is 4. The van der Waals surface area contributed by atoms with E-state index in [0.717, 1.165) is 22.8 Å². The van der Waals surface area contributed by atoms with Crippen molar-refractivity contribution in [2.24, 2.45) is 0 Å². The van der Waals surface area contributed by atoms with Crippen molar-refractivity contribution in [1.82, 2.24) is 9.62 Å². The number of hydrogen-bond donors (Lipinski definition) is 1. The van der Waals surface area contributed by atoms with Gasteiger partial charge in [-0.3, -0.25) is 0 Å². The first-order valence-electron chi connectivity index (χ1n) is 6.07. The van der Waals surface area contributed by atoms with Gasteiger partial charge in [0, 0.05) is 18.0 Å². The third-order valence-corrected chi connectivity index (χ3v) is 5.96. The molecule has 0 bridgehead atoms. The maximum Gasteiger partial charge on any atom is 0.402 e. The minimum absolute atomic E-state index is 0.0588. The average Bonchev–Trinajstić information content (AvgIpc) is 2.81. The predicted octanol–water partition coefficient (Wildman–Crippen LogP) is 2.43. The number of sulfonamides is 1. The standard InChI is InChI=1S/C11H17F3N2O2S2/c1-3-15-7-9-5-6-10(19-9)20(17,18)16(4-2)8-11(12,13)14/h5-6,15H,3-4,7-8H2,1-2H3. The second kappa shape index (κ2) is 6.88. The van der Waals surface area contributed by atoms with Crippen LogP contribution in [-0.4, -0.2) is 38.5 Å². The van der Waals surface area contributed by atoms with E-state index in [1.54, 1.807) is 6.07 Å². The molecule has 1 aromatic heterocycles. The first-order valence-corrected chi connectivity index (χ1v) is 8.32. The molecular formula is C11H17F3N2O2S2. The largest absolute Gasteiger partial charge is 0.402 e. The van der Waals surface area contributed by atoms with Crippen LogP contribution in [0.4, 0.5) is 13.2 Å². The second-order valence-corrected chi connectivity index (χ2v) is 7.38. The van der Waals surface area contributed by atoms with Crippen LogP contribution in [0.3, 0.4) is 0 Å². The van der Waals surface area contributed by atoms with E-state index >= 15 is 0 Å². The summed E-state index contributed by atoms with van der Waals surface area (Å²) in [6, 6.07) is 2.97. The van der Waals surface area contributed by atoms with Crippen LogP contribution in [0.25, 0.3) is 0 Å². The zero-order valence-electron chi connectivity index (χ0n) is 11.2. The van der Waals surface area contributed by atoms with Gasteiger partial charge in [0.05, 0.1) is 0 Å². The van der Waals surface area contributed by atoms with Crippen LogP contribution in [0, 0.1) is 0 Å². The van der Waals surface area contributed by atoms with Crippen LogP contribution >= 0.6 is 11.3 Å². The molecule has 9 heteroatoms. The summed E-state index contributed by atoms with van der Waals surface area (Å²) in [7, 11) is -4.08. The number of nitrogens with one attached hydrogen (secondary N) is 1. The predicted molar refractivity (Wildman–Crippen MR) is 72.2 cm³/mol. The highest BCUT2D eigenvalue weighted by molar-refractivity contribution is 7.91. The molecule has 0 aliphatic rings. The molecule has 0 aromatic carbocycles. The molecule has 0 amide bonds. The molecular weight excluding hydrogens is 313 g/mol. The van der Waals surface area contributed by atoms with E-state index < -0.39 is 22.7 Å². The minimum atomic E-state index is -4.55. The summed E-state index contributed by atoms with van der Waals surface area (Å²) in [6.45, 7) is 2.84. The van der Waals surface area contributed by atoms with Crippen molar-refractivity contribution in [2.45, 2.75) is 30.8 Å². The maximum atomic E-state index is 12.4. The second-order valence-electron chi connectivity index (χ2n) is 4.05. The lowest BCUT2D eigenvalue weighted by Gasteiger charge is -2.20. The van der Waals surface area contributed by atoms with E-state index in [0.29, 0.717) is 10.8 Å². The molecule has 116 valence electrons. The summed E-state index contributed by atoms with van der Waals surface area (Å²) in [4.78, 5) is 0.772. The lowest BCUT2D eigenvalue weighted by molar-refractivity contribution is -0.135. The van der Waals surface area contributed by atoms with Gasteiger partial charge in [-0.1, -0.05) is 13.8 Å². The molecule has 1 aromatic rings. The van der Waals surface area contributed by atoms with Gasteiger partial charge in [0.25, 0.3) is 10.0 Å². The normalized spacial score (nSPS) is 13.1. The molecule has 0 spiro atoms. The molecule has 20 heavy (non-hydrogen) atoms. The number of thiophene rings is 1. The molecule has 0 radical (unpaired) electrons. The van der Waals surface area contributed by atoms with E-state index in [9.17, 15) is 21.6 Å². The van der Waals surface area contributed by atoms with Crippen molar-refractivity contribution >= 4 is 21.4 Å². The molecule has 0 saturated carbocycles. The monoisotopic (exact) mass is 330 g/mol. The van der Waals surface area contributed by atoms with Gasteiger partial charge < -0.3 is 5.32 Å². The molecule has 1 N–H and O–H groups in total. The van der Waals surface area contributed by atoms with Crippen molar-refractivity contribution in [3.05, 3.63) is 17.0 Å². The number of rotatable bonds is 7. The van der Waals surface area contributed by atoms with Crippen LogP contribution in [0.2, 0.25) is 0 Å². The SMILES string of the molecule is CCNCc1ccc(S(=O)(=O)N(CC)CC(F)(F)F)s1. The van der Waals surface area contributed by atoms with Crippen LogP contribution in [0.5, 0.6) is 0 Å². The summed E-state index contributed by atoms with van der Waals surface area (Å²) in [6.07, 6.45) is -4.55. The Balaban J connectivity index is 2.93. The molecule has 1 rings (SSSR count). The fourth-order valence-electron chi connectivity index (χ4n) is 1.53. The van der Waals surface area contributed by atoms with Gasteiger partial charge in [-0.25, -0.2) is 8.42 Å². The maximum absolute atomic E-state index is 12.4. The Morgan fingerprint density at radius 2 is 1.95 bits per heavy atom. The zero-order chi connectivity index (χ0) is 15.4. The molecule has 0 atom stereocenters. The summed E-state index contributed by atoms with van der Waals surface area (Å²) >= 11 is 0.990. The lowest BCUT2D eigenvalue weighted by Crippen LogP contribution is -2.38. The van der Waals surface area contributed by atoms with Gasteiger partial charge in [0.1, 0.15) is 10.8 Å². The smallest absolute Gasteiger partial charge is 0.312 e. The van der Waals surface area contributed by atoms with Crippen molar-refractivity contribution < 1.29 is 21.6 Å². The number of halogens is 3. The van der Waals surface area contributed by atoms with Gasteiger partial charge >= 0.3 is 6.18 Å². The molecule has 0 saturated heterocycles.